The molecule has 0 amide bonds. The quantitative estimate of drug-likeness (QED) is 0.507. The number of rotatable bonds is 8. The van der Waals surface area contributed by atoms with Crippen LogP contribution >= 0.6 is 0 Å². The molecule has 2 saturated carbocycles. The average Bonchev–Trinajstić information content (AvgIpc) is 3.59. The fraction of sp³-hybridized carbons (Fsp3) is 0.429. The lowest BCUT2D eigenvalue weighted by atomic mass is 10.0. The number of sulfone groups is 1. The number of hydrogen-bond acceptors (Lipinski definition) is 7. The monoisotopic (exact) mass is 426 g/mol. The Kier molecular flexibility index (Phi) is 4.67. The molecule has 2 fully saturated rings. The van der Waals surface area contributed by atoms with Gasteiger partial charge in [-0.2, -0.15) is 9.61 Å². The van der Waals surface area contributed by atoms with Crippen LogP contribution in [-0.4, -0.2) is 41.9 Å². The second-order valence-electron chi connectivity index (χ2n) is 8.49. The highest BCUT2D eigenvalue weighted by Gasteiger charge is 2.38. The van der Waals surface area contributed by atoms with Gasteiger partial charge in [-0.1, -0.05) is 6.07 Å². The van der Waals surface area contributed by atoms with Crippen molar-refractivity contribution in [3.05, 3.63) is 47.7 Å². The molecule has 0 aliphatic heterocycles. The van der Waals surface area contributed by atoms with Gasteiger partial charge < -0.3 is 16.4 Å². The van der Waals surface area contributed by atoms with Crippen molar-refractivity contribution in [2.75, 3.05) is 23.4 Å². The maximum Gasteiger partial charge on any atom is 0.159 e. The Balaban J connectivity index is 1.46. The molecule has 8 nitrogen and oxygen atoms in total. The summed E-state index contributed by atoms with van der Waals surface area (Å²) in [6.07, 6.45) is 6.35. The minimum absolute atomic E-state index is 0.0230. The number of nitrogens with zero attached hydrogens (tertiary/aromatic N) is 3. The van der Waals surface area contributed by atoms with Crippen LogP contribution in [0.4, 0.5) is 17.3 Å². The predicted octanol–water partition coefficient (Wildman–Crippen LogP) is 2.65. The molecule has 2 aromatic heterocycles. The summed E-state index contributed by atoms with van der Waals surface area (Å²) >= 11 is 0. The molecule has 5 rings (SSSR count). The van der Waals surface area contributed by atoms with E-state index in [2.05, 4.69) is 20.7 Å². The second kappa shape index (κ2) is 7.24. The first-order chi connectivity index (χ1) is 14.4. The Bertz CT molecular complexity index is 1200. The standard InChI is InChI=1S/C21H26N6O2S/c1-30(28,29)12-14-8-16(4-5-17(14)18-9-13(18)11-22)24-19-10-21(25-15-2-3-15)27-20(26-19)6-7-23-27/h4-8,10,13,15,18,25H,2-3,9,11-12,22H2,1H3,(H,24,26). The van der Waals surface area contributed by atoms with Crippen LogP contribution in [0.25, 0.3) is 5.65 Å². The van der Waals surface area contributed by atoms with Crippen molar-refractivity contribution < 1.29 is 8.42 Å². The summed E-state index contributed by atoms with van der Waals surface area (Å²) in [7, 11) is -3.15. The Hall–Kier alpha value is -2.65. The van der Waals surface area contributed by atoms with Crippen LogP contribution in [0.3, 0.4) is 0 Å². The van der Waals surface area contributed by atoms with Gasteiger partial charge in [0.2, 0.25) is 0 Å². The zero-order valence-electron chi connectivity index (χ0n) is 16.9. The van der Waals surface area contributed by atoms with Crippen LogP contribution in [0.1, 0.15) is 36.3 Å². The van der Waals surface area contributed by atoms with Crippen LogP contribution in [0.2, 0.25) is 0 Å². The number of nitrogens with two attached hydrogens (primary N) is 1. The smallest absolute Gasteiger partial charge is 0.159 e. The molecule has 2 aliphatic rings. The lowest BCUT2D eigenvalue weighted by Crippen LogP contribution is -2.09. The number of aromatic nitrogens is 3. The van der Waals surface area contributed by atoms with Crippen molar-refractivity contribution in [2.45, 2.75) is 37.0 Å². The van der Waals surface area contributed by atoms with Crippen molar-refractivity contribution in [3.63, 3.8) is 0 Å². The maximum atomic E-state index is 12.0. The zero-order chi connectivity index (χ0) is 20.9. The third-order valence-corrected chi connectivity index (χ3v) is 6.58. The van der Waals surface area contributed by atoms with E-state index < -0.39 is 9.84 Å². The SMILES string of the molecule is CS(=O)(=O)Cc1cc(Nc2cc(NC3CC3)n3nccc3n2)ccc1C1CC1CN. The molecule has 2 unspecified atom stereocenters. The molecule has 2 heterocycles. The molecule has 0 saturated heterocycles. The first-order valence-electron chi connectivity index (χ1n) is 10.3. The summed E-state index contributed by atoms with van der Waals surface area (Å²) in [5.74, 6) is 2.41. The van der Waals surface area contributed by atoms with Gasteiger partial charge in [-0.15, -0.1) is 0 Å². The van der Waals surface area contributed by atoms with Crippen LogP contribution in [0, 0.1) is 5.92 Å². The molecule has 9 heteroatoms. The highest BCUT2D eigenvalue weighted by atomic mass is 32.2. The minimum Gasteiger partial charge on any atom is -0.367 e. The van der Waals surface area contributed by atoms with Gasteiger partial charge in [-0.3, -0.25) is 0 Å². The van der Waals surface area contributed by atoms with Crippen molar-refractivity contribution in [3.8, 4) is 0 Å². The summed E-state index contributed by atoms with van der Waals surface area (Å²) in [6.45, 7) is 0.634. The Morgan fingerprint density at radius 2 is 2.07 bits per heavy atom. The molecule has 0 radical (unpaired) electrons. The normalized spacial score (nSPS) is 21.0. The van der Waals surface area contributed by atoms with Gasteiger partial charge in [-0.05, 0) is 60.9 Å². The van der Waals surface area contributed by atoms with E-state index in [9.17, 15) is 8.42 Å². The first-order valence-corrected chi connectivity index (χ1v) is 12.3. The van der Waals surface area contributed by atoms with Crippen LogP contribution in [0.15, 0.2) is 36.5 Å². The fourth-order valence-electron chi connectivity index (χ4n) is 4.01. The molecule has 2 aliphatic carbocycles. The molecule has 2 atom stereocenters. The molecule has 0 spiro atoms. The lowest BCUT2D eigenvalue weighted by Gasteiger charge is -2.14. The van der Waals surface area contributed by atoms with Crippen LogP contribution < -0.4 is 16.4 Å². The zero-order valence-corrected chi connectivity index (χ0v) is 17.7. The number of hydrogen-bond donors (Lipinski definition) is 3. The van der Waals surface area contributed by atoms with Gasteiger partial charge in [0.05, 0.1) is 11.9 Å². The summed E-state index contributed by atoms with van der Waals surface area (Å²) in [5.41, 5.74) is 9.31. The number of nitrogens with one attached hydrogen (secondary N) is 2. The van der Waals surface area contributed by atoms with Crippen LogP contribution in [-0.2, 0) is 15.6 Å². The number of fused-ring (bicyclic) bond motifs is 1. The van der Waals surface area contributed by atoms with E-state index in [-0.39, 0.29) is 5.75 Å². The van der Waals surface area contributed by atoms with Crippen LogP contribution in [0.5, 0.6) is 0 Å². The van der Waals surface area contributed by atoms with Gasteiger partial charge >= 0.3 is 0 Å². The van der Waals surface area contributed by atoms with Crippen molar-refractivity contribution in [1.82, 2.24) is 14.6 Å². The Morgan fingerprint density at radius 3 is 2.77 bits per heavy atom. The topological polar surface area (TPSA) is 114 Å². The predicted molar refractivity (Wildman–Crippen MR) is 118 cm³/mol. The largest absolute Gasteiger partial charge is 0.367 e. The van der Waals surface area contributed by atoms with Crippen molar-refractivity contribution in [2.24, 2.45) is 11.7 Å². The van der Waals surface area contributed by atoms with Crippen molar-refractivity contribution in [1.29, 1.82) is 0 Å². The average molecular weight is 427 g/mol. The minimum atomic E-state index is -3.15. The van der Waals surface area contributed by atoms with E-state index in [1.165, 1.54) is 6.26 Å². The number of benzene rings is 1. The third-order valence-electron chi connectivity index (χ3n) is 5.75. The van der Waals surface area contributed by atoms with Gasteiger partial charge in [0.15, 0.2) is 15.5 Å². The summed E-state index contributed by atoms with van der Waals surface area (Å²) in [6, 6.07) is 10.2. The van der Waals surface area contributed by atoms with Gasteiger partial charge in [0.1, 0.15) is 11.6 Å². The molecule has 3 aromatic rings. The van der Waals surface area contributed by atoms with E-state index in [0.29, 0.717) is 30.2 Å². The number of anilines is 3. The second-order valence-corrected chi connectivity index (χ2v) is 10.6. The molecule has 1 aromatic carbocycles. The summed E-state index contributed by atoms with van der Waals surface area (Å²) in [5, 5.41) is 11.2. The van der Waals surface area contributed by atoms with E-state index in [0.717, 1.165) is 47.5 Å². The molecular formula is C21H26N6O2S. The highest BCUT2D eigenvalue weighted by molar-refractivity contribution is 7.89. The molecule has 30 heavy (non-hydrogen) atoms. The van der Waals surface area contributed by atoms with E-state index in [1.807, 2.05) is 30.3 Å². The molecule has 4 N–H and O–H groups in total. The molecule has 0 bridgehead atoms. The van der Waals surface area contributed by atoms with Gasteiger partial charge in [0, 0.05) is 30.1 Å². The van der Waals surface area contributed by atoms with Gasteiger partial charge in [0.25, 0.3) is 0 Å². The Labute approximate surface area is 175 Å². The Morgan fingerprint density at radius 1 is 1.23 bits per heavy atom. The fourth-order valence-corrected chi connectivity index (χ4v) is 4.82. The summed E-state index contributed by atoms with van der Waals surface area (Å²) in [4.78, 5) is 4.63. The lowest BCUT2D eigenvalue weighted by molar-refractivity contribution is 0.601. The summed E-state index contributed by atoms with van der Waals surface area (Å²) < 4.78 is 25.8. The molecule has 158 valence electrons. The van der Waals surface area contributed by atoms with Crippen molar-refractivity contribution >= 4 is 32.8 Å². The third kappa shape index (κ3) is 4.13. The van der Waals surface area contributed by atoms with E-state index >= 15 is 0 Å². The first kappa shape index (κ1) is 19.3. The maximum absolute atomic E-state index is 12.0. The molecular weight excluding hydrogens is 400 g/mol. The highest BCUT2D eigenvalue weighted by Crippen LogP contribution is 2.48. The van der Waals surface area contributed by atoms with E-state index in [1.54, 1.807) is 10.7 Å². The van der Waals surface area contributed by atoms with E-state index in [4.69, 9.17) is 5.73 Å². The van der Waals surface area contributed by atoms with Gasteiger partial charge in [-0.25, -0.2) is 13.4 Å².